The van der Waals surface area contributed by atoms with Crippen LogP contribution >= 0.6 is 0 Å². The normalized spacial score (nSPS) is 12.2. The quantitative estimate of drug-likeness (QED) is 0.646. The number of rotatable bonds is 1. The topological polar surface area (TPSA) is 23.8 Å². The van der Waals surface area contributed by atoms with Gasteiger partial charge < -0.3 is 0 Å². The lowest BCUT2D eigenvalue weighted by molar-refractivity contribution is 0.616. The lowest BCUT2D eigenvalue weighted by atomic mass is 9.95. The summed E-state index contributed by atoms with van der Waals surface area (Å²) in [5.41, 5.74) is 2.36. The molecule has 0 aliphatic carbocycles. The summed E-state index contributed by atoms with van der Waals surface area (Å²) >= 11 is 0. The largest absolute Gasteiger partial charge is 0.207 e. The Morgan fingerprint density at radius 2 is 1.92 bits per heavy atom. The van der Waals surface area contributed by atoms with E-state index >= 15 is 0 Å². The fourth-order valence-corrected chi connectivity index (χ4v) is 1.34. The van der Waals surface area contributed by atoms with Crippen molar-refractivity contribution < 1.29 is 4.39 Å². The SMILES string of the molecule is Cc1cc(C(C)C#N)c(C)cc1F. The first kappa shape index (κ1) is 9.73. The molecule has 1 nitrogen and oxygen atoms in total. The van der Waals surface area contributed by atoms with Gasteiger partial charge in [0.25, 0.3) is 0 Å². The van der Waals surface area contributed by atoms with Crippen molar-refractivity contribution in [3.05, 3.63) is 34.6 Å². The zero-order valence-electron chi connectivity index (χ0n) is 8.06. The average molecular weight is 177 g/mol. The van der Waals surface area contributed by atoms with Crippen molar-refractivity contribution in [2.75, 3.05) is 0 Å². The van der Waals surface area contributed by atoms with Crippen molar-refractivity contribution in [1.29, 1.82) is 5.26 Å². The average Bonchev–Trinajstić information content (AvgIpc) is 2.10. The van der Waals surface area contributed by atoms with Gasteiger partial charge in [-0.2, -0.15) is 5.26 Å². The summed E-state index contributed by atoms with van der Waals surface area (Å²) in [7, 11) is 0. The standard InChI is InChI=1S/C11H12FN/c1-7-5-11(12)8(2)4-10(7)9(3)6-13/h4-5,9H,1-3H3. The maximum absolute atomic E-state index is 13.0. The molecule has 0 saturated carbocycles. The molecular weight excluding hydrogens is 165 g/mol. The summed E-state index contributed by atoms with van der Waals surface area (Å²) in [5.74, 6) is -0.370. The monoisotopic (exact) mass is 177 g/mol. The molecule has 1 atom stereocenters. The van der Waals surface area contributed by atoms with Crippen molar-refractivity contribution in [3.63, 3.8) is 0 Å². The van der Waals surface area contributed by atoms with Gasteiger partial charge in [-0.1, -0.05) is 6.07 Å². The Morgan fingerprint density at radius 1 is 1.31 bits per heavy atom. The molecular formula is C11H12FN. The fraction of sp³-hybridized carbons (Fsp3) is 0.364. The molecule has 0 heterocycles. The van der Waals surface area contributed by atoms with Gasteiger partial charge in [-0.3, -0.25) is 0 Å². The van der Waals surface area contributed by atoms with E-state index in [1.54, 1.807) is 13.0 Å². The number of hydrogen-bond donors (Lipinski definition) is 0. The molecule has 2 heteroatoms. The molecule has 0 N–H and O–H groups in total. The Hall–Kier alpha value is -1.36. The summed E-state index contributed by atoms with van der Waals surface area (Å²) in [5, 5.41) is 8.73. The van der Waals surface area contributed by atoms with Crippen molar-refractivity contribution in [3.8, 4) is 6.07 Å². The van der Waals surface area contributed by atoms with Gasteiger partial charge in [-0.05, 0) is 43.5 Å². The predicted molar refractivity (Wildman–Crippen MR) is 49.9 cm³/mol. The third-order valence-corrected chi connectivity index (χ3v) is 2.21. The van der Waals surface area contributed by atoms with E-state index in [0.29, 0.717) is 5.56 Å². The molecule has 1 unspecified atom stereocenters. The lowest BCUT2D eigenvalue weighted by Crippen LogP contribution is -1.96. The van der Waals surface area contributed by atoms with Gasteiger partial charge in [0.15, 0.2) is 0 Å². The van der Waals surface area contributed by atoms with E-state index in [4.69, 9.17) is 5.26 Å². The van der Waals surface area contributed by atoms with E-state index in [1.165, 1.54) is 6.07 Å². The third kappa shape index (κ3) is 1.86. The first-order valence-electron chi connectivity index (χ1n) is 4.22. The van der Waals surface area contributed by atoms with Crippen LogP contribution in [0.1, 0.15) is 29.5 Å². The number of hydrogen-bond acceptors (Lipinski definition) is 1. The van der Waals surface area contributed by atoms with Crippen LogP contribution in [0.4, 0.5) is 4.39 Å². The maximum Gasteiger partial charge on any atom is 0.126 e. The minimum atomic E-state index is -0.202. The van der Waals surface area contributed by atoms with E-state index in [1.807, 2.05) is 13.8 Å². The molecule has 0 radical (unpaired) electrons. The number of halogens is 1. The van der Waals surface area contributed by atoms with Gasteiger partial charge >= 0.3 is 0 Å². The Balaban J connectivity index is 3.25. The van der Waals surface area contributed by atoms with E-state index in [0.717, 1.165) is 11.1 Å². The van der Waals surface area contributed by atoms with Crippen molar-refractivity contribution >= 4 is 0 Å². The molecule has 0 fully saturated rings. The Bertz CT molecular complexity index is 363. The smallest absolute Gasteiger partial charge is 0.126 e. The first-order chi connectivity index (χ1) is 6.06. The fourth-order valence-electron chi connectivity index (χ4n) is 1.34. The molecule has 13 heavy (non-hydrogen) atoms. The molecule has 0 aliphatic rings. The Kier molecular flexibility index (Phi) is 2.67. The Labute approximate surface area is 77.8 Å². The van der Waals surface area contributed by atoms with Crippen LogP contribution in [0.15, 0.2) is 12.1 Å². The minimum absolute atomic E-state index is 0.167. The van der Waals surface area contributed by atoms with Gasteiger partial charge in [0.1, 0.15) is 5.82 Å². The van der Waals surface area contributed by atoms with Gasteiger partial charge in [0.2, 0.25) is 0 Å². The third-order valence-electron chi connectivity index (χ3n) is 2.21. The van der Waals surface area contributed by atoms with Crippen LogP contribution < -0.4 is 0 Å². The zero-order chi connectivity index (χ0) is 10.0. The van der Waals surface area contributed by atoms with Gasteiger partial charge in [-0.25, -0.2) is 4.39 Å². The molecule has 1 aromatic carbocycles. The van der Waals surface area contributed by atoms with Crippen LogP contribution in [0.3, 0.4) is 0 Å². The maximum atomic E-state index is 13.0. The van der Waals surface area contributed by atoms with Crippen LogP contribution in [0.5, 0.6) is 0 Å². The summed E-state index contributed by atoms with van der Waals surface area (Å²) in [6, 6.07) is 5.38. The van der Waals surface area contributed by atoms with Gasteiger partial charge in [0.05, 0.1) is 12.0 Å². The number of benzene rings is 1. The molecule has 1 aromatic rings. The summed E-state index contributed by atoms with van der Waals surface area (Å²) in [6.07, 6.45) is 0. The predicted octanol–water partition coefficient (Wildman–Crippen LogP) is 3.07. The van der Waals surface area contributed by atoms with Crippen LogP contribution in [-0.4, -0.2) is 0 Å². The van der Waals surface area contributed by atoms with Gasteiger partial charge in [-0.15, -0.1) is 0 Å². The molecule has 0 saturated heterocycles. The molecule has 0 spiro atoms. The highest BCUT2D eigenvalue weighted by Gasteiger charge is 2.09. The van der Waals surface area contributed by atoms with Gasteiger partial charge in [0, 0.05) is 0 Å². The van der Waals surface area contributed by atoms with Crippen molar-refractivity contribution in [2.24, 2.45) is 0 Å². The van der Waals surface area contributed by atoms with Crippen LogP contribution in [0, 0.1) is 31.0 Å². The second kappa shape index (κ2) is 3.57. The summed E-state index contributed by atoms with van der Waals surface area (Å²) in [4.78, 5) is 0. The molecule has 68 valence electrons. The lowest BCUT2D eigenvalue weighted by Gasteiger charge is -2.09. The number of aryl methyl sites for hydroxylation is 2. The van der Waals surface area contributed by atoms with Crippen LogP contribution in [0.25, 0.3) is 0 Å². The van der Waals surface area contributed by atoms with Crippen LogP contribution in [-0.2, 0) is 0 Å². The van der Waals surface area contributed by atoms with E-state index in [2.05, 4.69) is 6.07 Å². The number of nitriles is 1. The van der Waals surface area contributed by atoms with Crippen LogP contribution in [0.2, 0.25) is 0 Å². The Morgan fingerprint density at radius 3 is 2.46 bits per heavy atom. The molecule has 0 amide bonds. The highest BCUT2D eigenvalue weighted by Crippen LogP contribution is 2.21. The van der Waals surface area contributed by atoms with Crippen molar-refractivity contribution in [2.45, 2.75) is 26.7 Å². The molecule has 1 rings (SSSR count). The summed E-state index contributed by atoms with van der Waals surface area (Å²) in [6.45, 7) is 5.35. The highest BCUT2D eigenvalue weighted by atomic mass is 19.1. The minimum Gasteiger partial charge on any atom is -0.207 e. The highest BCUT2D eigenvalue weighted by molar-refractivity contribution is 5.36. The second-order valence-electron chi connectivity index (χ2n) is 3.31. The molecule has 0 bridgehead atoms. The number of nitrogens with zero attached hydrogens (tertiary/aromatic N) is 1. The summed E-state index contributed by atoms with van der Waals surface area (Å²) < 4.78 is 13.0. The molecule has 0 aromatic heterocycles. The second-order valence-corrected chi connectivity index (χ2v) is 3.31. The van der Waals surface area contributed by atoms with E-state index in [9.17, 15) is 4.39 Å². The van der Waals surface area contributed by atoms with E-state index < -0.39 is 0 Å². The first-order valence-corrected chi connectivity index (χ1v) is 4.22. The van der Waals surface area contributed by atoms with Crippen molar-refractivity contribution in [1.82, 2.24) is 0 Å². The zero-order valence-corrected chi connectivity index (χ0v) is 8.06. The van der Waals surface area contributed by atoms with E-state index in [-0.39, 0.29) is 11.7 Å². The molecule has 0 aliphatic heterocycles.